The molecule has 1 saturated carbocycles. The highest BCUT2D eigenvalue weighted by molar-refractivity contribution is 4.94. The standard InChI is InChI=1S/C14H26N2O/c1-11-10-17-7-6-16(11)9-13-8-12-4-2-3-5-14(12)15-13/h11-15H,2-10H2,1H3. The predicted molar refractivity (Wildman–Crippen MR) is 69.1 cm³/mol. The van der Waals surface area contributed by atoms with Gasteiger partial charge in [0.15, 0.2) is 0 Å². The lowest BCUT2D eigenvalue weighted by Crippen LogP contribution is -2.49. The number of ether oxygens (including phenoxy) is 1. The van der Waals surface area contributed by atoms with E-state index in [1.807, 2.05) is 0 Å². The summed E-state index contributed by atoms with van der Waals surface area (Å²) < 4.78 is 5.51. The van der Waals surface area contributed by atoms with Crippen LogP contribution >= 0.6 is 0 Å². The molecular weight excluding hydrogens is 212 g/mol. The van der Waals surface area contributed by atoms with E-state index in [0.717, 1.165) is 37.8 Å². The molecule has 0 amide bonds. The van der Waals surface area contributed by atoms with Gasteiger partial charge in [-0.25, -0.2) is 0 Å². The van der Waals surface area contributed by atoms with E-state index in [1.54, 1.807) is 0 Å². The monoisotopic (exact) mass is 238 g/mol. The molecule has 3 nitrogen and oxygen atoms in total. The summed E-state index contributed by atoms with van der Waals surface area (Å²) in [5.41, 5.74) is 0. The molecule has 0 spiro atoms. The molecule has 4 unspecified atom stereocenters. The highest BCUT2D eigenvalue weighted by atomic mass is 16.5. The number of rotatable bonds is 2. The van der Waals surface area contributed by atoms with Gasteiger partial charge in [-0.2, -0.15) is 0 Å². The minimum Gasteiger partial charge on any atom is -0.379 e. The quantitative estimate of drug-likeness (QED) is 0.791. The van der Waals surface area contributed by atoms with Gasteiger partial charge in [-0.1, -0.05) is 12.8 Å². The fourth-order valence-corrected chi connectivity index (χ4v) is 3.89. The third-order valence-corrected chi connectivity index (χ3v) is 4.91. The van der Waals surface area contributed by atoms with Crippen LogP contribution in [0.5, 0.6) is 0 Å². The average Bonchev–Trinajstić information content (AvgIpc) is 2.74. The highest BCUT2D eigenvalue weighted by Crippen LogP contribution is 2.33. The maximum absolute atomic E-state index is 5.51. The van der Waals surface area contributed by atoms with Gasteiger partial charge in [0.1, 0.15) is 0 Å². The van der Waals surface area contributed by atoms with E-state index in [4.69, 9.17) is 4.74 Å². The average molecular weight is 238 g/mol. The first-order valence-corrected chi connectivity index (χ1v) is 7.41. The van der Waals surface area contributed by atoms with Crippen LogP contribution in [0.3, 0.4) is 0 Å². The molecule has 3 rings (SSSR count). The first-order valence-electron chi connectivity index (χ1n) is 7.41. The van der Waals surface area contributed by atoms with Crippen molar-refractivity contribution in [3.63, 3.8) is 0 Å². The number of hydrogen-bond acceptors (Lipinski definition) is 3. The summed E-state index contributed by atoms with van der Waals surface area (Å²) >= 11 is 0. The lowest BCUT2D eigenvalue weighted by molar-refractivity contribution is -0.00377. The molecule has 0 aromatic rings. The summed E-state index contributed by atoms with van der Waals surface area (Å²) in [7, 11) is 0. The van der Waals surface area contributed by atoms with Crippen LogP contribution in [0.2, 0.25) is 0 Å². The Morgan fingerprint density at radius 3 is 3.00 bits per heavy atom. The number of nitrogens with one attached hydrogen (secondary N) is 1. The molecular formula is C14H26N2O. The van der Waals surface area contributed by atoms with Gasteiger partial charge in [-0.05, 0) is 32.1 Å². The molecule has 98 valence electrons. The lowest BCUT2D eigenvalue weighted by Gasteiger charge is -2.35. The van der Waals surface area contributed by atoms with Crippen molar-refractivity contribution in [1.82, 2.24) is 10.2 Å². The Hall–Kier alpha value is -0.120. The Labute approximate surface area is 105 Å². The van der Waals surface area contributed by atoms with E-state index in [2.05, 4.69) is 17.1 Å². The van der Waals surface area contributed by atoms with E-state index in [-0.39, 0.29) is 0 Å². The summed E-state index contributed by atoms with van der Waals surface area (Å²) in [6, 6.07) is 2.18. The Bertz CT molecular complexity index is 245. The van der Waals surface area contributed by atoms with Crippen LogP contribution in [-0.2, 0) is 4.74 Å². The van der Waals surface area contributed by atoms with Crippen LogP contribution in [0.4, 0.5) is 0 Å². The molecule has 2 saturated heterocycles. The fourth-order valence-electron chi connectivity index (χ4n) is 3.89. The van der Waals surface area contributed by atoms with Crippen LogP contribution in [0.15, 0.2) is 0 Å². The van der Waals surface area contributed by atoms with Crippen molar-refractivity contribution in [3.8, 4) is 0 Å². The number of nitrogens with zero attached hydrogens (tertiary/aromatic N) is 1. The molecule has 0 bridgehead atoms. The van der Waals surface area contributed by atoms with Crippen LogP contribution in [0.1, 0.15) is 39.0 Å². The Kier molecular flexibility index (Phi) is 3.69. The molecule has 0 aromatic heterocycles. The summed E-state index contributed by atoms with van der Waals surface area (Å²) in [6.07, 6.45) is 7.19. The topological polar surface area (TPSA) is 24.5 Å². The second kappa shape index (κ2) is 5.25. The van der Waals surface area contributed by atoms with Crippen molar-refractivity contribution in [2.75, 3.05) is 26.3 Å². The maximum Gasteiger partial charge on any atom is 0.0619 e. The van der Waals surface area contributed by atoms with Crippen molar-refractivity contribution in [2.24, 2.45) is 5.92 Å². The Morgan fingerprint density at radius 1 is 1.29 bits per heavy atom. The van der Waals surface area contributed by atoms with Crippen LogP contribution in [-0.4, -0.2) is 49.3 Å². The summed E-state index contributed by atoms with van der Waals surface area (Å²) in [5.74, 6) is 0.977. The van der Waals surface area contributed by atoms with Crippen LogP contribution < -0.4 is 5.32 Å². The van der Waals surface area contributed by atoms with Crippen molar-refractivity contribution >= 4 is 0 Å². The largest absolute Gasteiger partial charge is 0.379 e. The first kappa shape index (κ1) is 11.9. The summed E-state index contributed by atoms with van der Waals surface area (Å²) in [6.45, 7) is 6.48. The molecule has 2 aliphatic heterocycles. The summed E-state index contributed by atoms with van der Waals surface area (Å²) in [4.78, 5) is 2.61. The smallest absolute Gasteiger partial charge is 0.0619 e. The molecule has 0 aromatic carbocycles. The SMILES string of the molecule is CC1COCCN1CC1CC2CCCCC2N1. The third-order valence-electron chi connectivity index (χ3n) is 4.91. The minimum atomic E-state index is 0.605. The number of hydrogen-bond donors (Lipinski definition) is 1. The van der Waals surface area contributed by atoms with E-state index in [1.165, 1.54) is 38.6 Å². The Balaban J connectivity index is 1.52. The predicted octanol–water partition coefficient (Wildman–Crippen LogP) is 1.63. The van der Waals surface area contributed by atoms with Crippen LogP contribution in [0, 0.1) is 5.92 Å². The molecule has 3 fully saturated rings. The van der Waals surface area contributed by atoms with E-state index in [0.29, 0.717) is 6.04 Å². The molecule has 3 heteroatoms. The molecule has 0 radical (unpaired) electrons. The van der Waals surface area contributed by atoms with Gasteiger partial charge in [-0.15, -0.1) is 0 Å². The van der Waals surface area contributed by atoms with Gasteiger partial charge in [0, 0.05) is 31.2 Å². The van der Waals surface area contributed by atoms with Crippen molar-refractivity contribution in [1.29, 1.82) is 0 Å². The molecule has 3 aliphatic rings. The van der Waals surface area contributed by atoms with Crippen molar-refractivity contribution in [3.05, 3.63) is 0 Å². The van der Waals surface area contributed by atoms with Gasteiger partial charge in [-0.3, -0.25) is 4.90 Å². The maximum atomic E-state index is 5.51. The second-order valence-electron chi connectivity index (χ2n) is 6.17. The molecule has 4 atom stereocenters. The first-order chi connectivity index (χ1) is 8.33. The third kappa shape index (κ3) is 2.67. The molecule has 17 heavy (non-hydrogen) atoms. The molecule has 1 N–H and O–H groups in total. The van der Waals surface area contributed by atoms with Gasteiger partial charge >= 0.3 is 0 Å². The van der Waals surface area contributed by atoms with Gasteiger partial charge in [0.2, 0.25) is 0 Å². The van der Waals surface area contributed by atoms with Gasteiger partial charge in [0.25, 0.3) is 0 Å². The molecule has 1 aliphatic carbocycles. The van der Waals surface area contributed by atoms with Gasteiger partial charge < -0.3 is 10.1 Å². The summed E-state index contributed by atoms with van der Waals surface area (Å²) in [5, 5.41) is 3.88. The van der Waals surface area contributed by atoms with Crippen LogP contribution in [0.25, 0.3) is 0 Å². The van der Waals surface area contributed by atoms with Gasteiger partial charge in [0.05, 0.1) is 13.2 Å². The van der Waals surface area contributed by atoms with E-state index in [9.17, 15) is 0 Å². The highest BCUT2D eigenvalue weighted by Gasteiger charge is 2.36. The zero-order valence-electron chi connectivity index (χ0n) is 11.0. The van der Waals surface area contributed by atoms with E-state index < -0.39 is 0 Å². The van der Waals surface area contributed by atoms with Crippen molar-refractivity contribution in [2.45, 2.75) is 57.2 Å². The fraction of sp³-hybridized carbons (Fsp3) is 1.00. The lowest BCUT2D eigenvalue weighted by atomic mass is 9.85. The minimum absolute atomic E-state index is 0.605. The zero-order chi connectivity index (χ0) is 11.7. The normalized spacial score (nSPS) is 43.6. The number of fused-ring (bicyclic) bond motifs is 1. The van der Waals surface area contributed by atoms with Crippen molar-refractivity contribution < 1.29 is 4.74 Å². The Morgan fingerprint density at radius 2 is 2.18 bits per heavy atom. The zero-order valence-corrected chi connectivity index (χ0v) is 11.0. The second-order valence-corrected chi connectivity index (χ2v) is 6.17. The number of morpholine rings is 1. The van der Waals surface area contributed by atoms with E-state index >= 15 is 0 Å². The molecule has 2 heterocycles.